The van der Waals surface area contributed by atoms with Gasteiger partial charge >= 0.3 is 0 Å². The lowest BCUT2D eigenvalue weighted by Crippen LogP contribution is -2.26. The molecule has 2 rings (SSSR count). The zero-order valence-electron chi connectivity index (χ0n) is 17.7. The highest BCUT2D eigenvalue weighted by molar-refractivity contribution is 6.36. The quantitative estimate of drug-likeness (QED) is 0.240. The number of aliphatic imine (C=N–C) groups is 1. The molecule has 0 aliphatic rings. The number of rotatable bonds is 13. The van der Waals surface area contributed by atoms with E-state index in [0.717, 1.165) is 12.0 Å². The molecule has 157 valence electrons. The third-order valence-electron chi connectivity index (χ3n) is 4.83. The summed E-state index contributed by atoms with van der Waals surface area (Å²) in [5.41, 5.74) is 3.45. The van der Waals surface area contributed by atoms with Gasteiger partial charge in [0.05, 0.1) is 11.6 Å². The lowest BCUT2D eigenvalue weighted by Gasteiger charge is -2.20. The lowest BCUT2D eigenvalue weighted by atomic mass is 10.0. The average molecular weight is 432 g/mol. The van der Waals surface area contributed by atoms with Gasteiger partial charge in [-0.3, -0.25) is 4.99 Å². The standard InChI is InChI=1S/C25H33Cl2N2/c1-3-15-29(16-4-2)17-7-5-6-8-21-9-11-22(12-10-21)19-28-20-23-13-14-24(26)18-25(23)27/h6,9-14,18,20H,3-5,7-8,15-17,19H2,1-2H3. The maximum Gasteiger partial charge on any atom is 0.0639 e. The molecule has 0 spiro atoms. The Kier molecular flexibility index (Phi) is 11.4. The minimum Gasteiger partial charge on any atom is -0.303 e. The molecule has 0 aromatic heterocycles. The van der Waals surface area contributed by atoms with Gasteiger partial charge in [-0.05, 0) is 81.4 Å². The summed E-state index contributed by atoms with van der Waals surface area (Å²) in [6.07, 6.45) is 10.2. The molecule has 0 saturated carbocycles. The largest absolute Gasteiger partial charge is 0.303 e. The number of hydrogen-bond acceptors (Lipinski definition) is 2. The van der Waals surface area contributed by atoms with E-state index in [-0.39, 0.29) is 0 Å². The molecule has 0 N–H and O–H groups in total. The van der Waals surface area contributed by atoms with E-state index in [1.807, 2.05) is 12.1 Å². The zero-order valence-corrected chi connectivity index (χ0v) is 19.2. The van der Waals surface area contributed by atoms with Gasteiger partial charge in [-0.15, -0.1) is 0 Å². The first-order valence-corrected chi connectivity index (χ1v) is 11.4. The van der Waals surface area contributed by atoms with E-state index in [9.17, 15) is 0 Å². The molecule has 0 fully saturated rings. The fraction of sp³-hybridized carbons (Fsp3) is 0.440. The van der Waals surface area contributed by atoms with Crippen molar-refractivity contribution in [1.29, 1.82) is 0 Å². The van der Waals surface area contributed by atoms with Crippen LogP contribution in [0.5, 0.6) is 0 Å². The second kappa shape index (κ2) is 13.8. The fourth-order valence-corrected chi connectivity index (χ4v) is 3.79. The Morgan fingerprint density at radius 3 is 2.24 bits per heavy atom. The highest BCUT2D eigenvalue weighted by Gasteiger charge is 2.02. The van der Waals surface area contributed by atoms with Gasteiger partial charge in [0.15, 0.2) is 0 Å². The van der Waals surface area contributed by atoms with E-state index in [1.165, 1.54) is 56.4 Å². The van der Waals surface area contributed by atoms with Crippen molar-refractivity contribution in [2.45, 2.75) is 52.5 Å². The van der Waals surface area contributed by atoms with Gasteiger partial charge in [0.2, 0.25) is 0 Å². The number of halogens is 2. The summed E-state index contributed by atoms with van der Waals surface area (Å²) in [4.78, 5) is 7.08. The van der Waals surface area contributed by atoms with Gasteiger partial charge < -0.3 is 4.90 Å². The van der Waals surface area contributed by atoms with Crippen molar-refractivity contribution < 1.29 is 0 Å². The molecule has 4 heteroatoms. The van der Waals surface area contributed by atoms with Crippen molar-refractivity contribution in [2.24, 2.45) is 4.99 Å². The SMILES string of the molecule is CCCN(CCC)CCC[CH]Cc1ccc(CN=Cc2ccc(Cl)cc2Cl)cc1. The van der Waals surface area contributed by atoms with Crippen LogP contribution < -0.4 is 0 Å². The molecular formula is C25H33Cl2N2. The van der Waals surface area contributed by atoms with E-state index in [4.69, 9.17) is 23.2 Å². The van der Waals surface area contributed by atoms with Crippen molar-refractivity contribution in [3.05, 3.63) is 75.6 Å². The van der Waals surface area contributed by atoms with Crippen LogP contribution in [0.2, 0.25) is 10.0 Å². The van der Waals surface area contributed by atoms with Crippen molar-refractivity contribution >= 4 is 29.4 Å². The summed E-state index contributed by atoms with van der Waals surface area (Å²) in [5, 5.41) is 1.26. The Morgan fingerprint density at radius 2 is 1.59 bits per heavy atom. The highest BCUT2D eigenvalue weighted by Crippen LogP contribution is 2.19. The van der Waals surface area contributed by atoms with Crippen molar-refractivity contribution in [3.8, 4) is 0 Å². The topological polar surface area (TPSA) is 15.6 Å². The molecule has 1 radical (unpaired) electrons. The molecule has 0 aliphatic heterocycles. The third kappa shape index (κ3) is 9.33. The smallest absolute Gasteiger partial charge is 0.0639 e. The molecule has 2 nitrogen and oxygen atoms in total. The van der Waals surface area contributed by atoms with Gasteiger partial charge in [-0.25, -0.2) is 0 Å². The van der Waals surface area contributed by atoms with Crippen LogP contribution >= 0.6 is 23.2 Å². The summed E-state index contributed by atoms with van der Waals surface area (Å²) in [6, 6.07) is 14.2. The number of nitrogens with zero attached hydrogens (tertiary/aromatic N) is 2. The molecule has 0 bridgehead atoms. The molecule has 0 unspecified atom stereocenters. The van der Waals surface area contributed by atoms with E-state index >= 15 is 0 Å². The first-order chi connectivity index (χ1) is 14.1. The number of hydrogen-bond donors (Lipinski definition) is 0. The van der Waals surface area contributed by atoms with Gasteiger partial charge in [-0.1, -0.05) is 67.4 Å². The molecule has 2 aromatic rings. The van der Waals surface area contributed by atoms with Gasteiger partial charge in [0, 0.05) is 16.8 Å². The van der Waals surface area contributed by atoms with Crippen molar-refractivity contribution in [3.63, 3.8) is 0 Å². The molecule has 0 heterocycles. The predicted octanol–water partition coefficient (Wildman–Crippen LogP) is 7.26. The fourth-order valence-electron chi connectivity index (χ4n) is 3.33. The Labute approximate surface area is 186 Å². The van der Waals surface area contributed by atoms with Gasteiger partial charge in [0.25, 0.3) is 0 Å². The lowest BCUT2D eigenvalue weighted by molar-refractivity contribution is 0.271. The summed E-state index contributed by atoms with van der Waals surface area (Å²) in [6.45, 7) is 8.83. The first-order valence-electron chi connectivity index (χ1n) is 10.7. The highest BCUT2D eigenvalue weighted by atomic mass is 35.5. The van der Waals surface area contributed by atoms with Gasteiger partial charge in [0.1, 0.15) is 0 Å². The van der Waals surface area contributed by atoms with Crippen LogP contribution in [0, 0.1) is 6.42 Å². The average Bonchev–Trinajstić information content (AvgIpc) is 2.71. The third-order valence-corrected chi connectivity index (χ3v) is 5.39. The molecule has 0 amide bonds. The van der Waals surface area contributed by atoms with Crippen LogP contribution in [-0.2, 0) is 13.0 Å². The molecule has 0 saturated heterocycles. The van der Waals surface area contributed by atoms with Crippen LogP contribution in [0.15, 0.2) is 47.5 Å². The Bertz CT molecular complexity index is 735. The predicted molar refractivity (Wildman–Crippen MR) is 128 cm³/mol. The molecule has 0 atom stereocenters. The van der Waals surface area contributed by atoms with Crippen LogP contribution in [-0.4, -0.2) is 30.7 Å². The monoisotopic (exact) mass is 431 g/mol. The minimum atomic E-state index is 0.625. The van der Waals surface area contributed by atoms with E-state index in [2.05, 4.69) is 54.4 Å². The van der Waals surface area contributed by atoms with Gasteiger partial charge in [-0.2, -0.15) is 0 Å². The Hall–Kier alpha value is -1.35. The minimum absolute atomic E-state index is 0.625. The summed E-state index contributed by atoms with van der Waals surface area (Å²) in [5.74, 6) is 0. The summed E-state index contributed by atoms with van der Waals surface area (Å²) in [7, 11) is 0. The van der Waals surface area contributed by atoms with Crippen LogP contribution in [0.4, 0.5) is 0 Å². The summed E-state index contributed by atoms with van der Waals surface area (Å²) >= 11 is 12.1. The second-order valence-corrected chi connectivity index (χ2v) is 8.27. The maximum absolute atomic E-state index is 6.17. The number of benzene rings is 2. The van der Waals surface area contributed by atoms with Crippen molar-refractivity contribution in [2.75, 3.05) is 19.6 Å². The normalized spacial score (nSPS) is 11.6. The van der Waals surface area contributed by atoms with E-state index < -0.39 is 0 Å². The maximum atomic E-state index is 6.17. The number of unbranched alkanes of at least 4 members (excludes halogenated alkanes) is 2. The zero-order chi connectivity index (χ0) is 20.9. The Morgan fingerprint density at radius 1 is 0.897 bits per heavy atom. The summed E-state index contributed by atoms with van der Waals surface area (Å²) < 4.78 is 0. The molecule has 0 aliphatic carbocycles. The van der Waals surface area contributed by atoms with Crippen molar-refractivity contribution in [1.82, 2.24) is 4.90 Å². The second-order valence-electron chi connectivity index (χ2n) is 7.43. The molecular weight excluding hydrogens is 399 g/mol. The van der Waals surface area contributed by atoms with E-state index in [1.54, 1.807) is 12.3 Å². The Balaban J connectivity index is 1.69. The van der Waals surface area contributed by atoms with Crippen LogP contribution in [0.1, 0.15) is 56.2 Å². The molecule has 29 heavy (non-hydrogen) atoms. The van der Waals surface area contributed by atoms with E-state index in [0.29, 0.717) is 16.6 Å². The first kappa shape index (κ1) is 23.9. The molecule has 2 aromatic carbocycles. The van der Waals surface area contributed by atoms with Crippen LogP contribution in [0.25, 0.3) is 0 Å². The van der Waals surface area contributed by atoms with Crippen LogP contribution in [0.3, 0.4) is 0 Å².